The predicted octanol–water partition coefficient (Wildman–Crippen LogP) is 5.57. The monoisotopic (exact) mass is 346 g/mol. The van der Waals surface area contributed by atoms with E-state index < -0.39 is 40.4 Å². The first kappa shape index (κ1) is 18.0. The van der Waals surface area contributed by atoms with E-state index in [0.29, 0.717) is 0 Å². The van der Waals surface area contributed by atoms with Crippen molar-refractivity contribution < 1.29 is 31.1 Å². The van der Waals surface area contributed by atoms with Gasteiger partial charge in [0.15, 0.2) is 5.78 Å². The molecule has 0 aliphatic heterocycles. The Hall–Kier alpha value is -2.31. The van der Waals surface area contributed by atoms with E-state index in [1.54, 1.807) is 0 Å². The van der Waals surface area contributed by atoms with Crippen molar-refractivity contribution in [2.24, 2.45) is 0 Å². The third kappa shape index (κ3) is 3.60. The number of ketones is 1. The number of carbonyl (C=O) groups excluding carboxylic acids is 1. The molecule has 0 amide bonds. The van der Waals surface area contributed by atoms with Crippen molar-refractivity contribution in [1.29, 1.82) is 0 Å². The smallest absolute Gasteiger partial charge is 0.289 e. The van der Waals surface area contributed by atoms with E-state index in [-0.39, 0.29) is 11.1 Å². The highest BCUT2D eigenvalue weighted by atomic mass is 19.4. The Bertz CT molecular complexity index is 721. The van der Waals surface area contributed by atoms with Gasteiger partial charge < -0.3 is 0 Å². The van der Waals surface area contributed by atoms with Crippen LogP contribution in [0.25, 0.3) is 0 Å². The largest absolute Gasteiger partial charge is 0.417 e. The van der Waals surface area contributed by atoms with Crippen molar-refractivity contribution in [3.05, 3.63) is 69.8 Å². The molecule has 0 spiro atoms. The Morgan fingerprint density at radius 3 is 1.33 bits per heavy atom. The first-order chi connectivity index (χ1) is 10.9. The van der Waals surface area contributed by atoms with Crippen molar-refractivity contribution in [1.82, 2.24) is 0 Å². The maximum Gasteiger partial charge on any atom is 0.417 e. The summed E-state index contributed by atoms with van der Waals surface area (Å²) in [5.41, 5.74) is -3.61. The van der Waals surface area contributed by atoms with Crippen LogP contribution in [0.5, 0.6) is 0 Å². The van der Waals surface area contributed by atoms with Gasteiger partial charge in [-0.2, -0.15) is 26.3 Å². The van der Waals surface area contributed by atoms with Gasteiger partial charge in [-0.25, -0.2) is 0 Å². The summed E-state index contributed by atoms with van der Waals surface area (Å²) in [5, 5.41) is 0. The van der Waals surface area contributed by atoms with Gasteiger partial charge in [-0.05, 0) is 26.0 Å². The van der Waals surface area contributed by atoms with Crippen LogP contribution < -0.4 is 0 Å². The molecule has 0 bridgehead atoms. The van der Waals surface area contributed by atoms with Gasteiger partial charge in [0.25, 0.3) is 0 Å². The van der Waals surface area contributed by atoms with E-state index in [4.69, 9.17) is 0 Å². The average molecular weight is 346 g/mol. The zero-order chi connectivity index (χ0) is 18.3. The number of hydrogen-bond acceptors (Lipinski definition) is 1. The number of rotatable bonds is 2. The number of benzene rings is 2. The van der Waals surface area contributed by atoms with Gasteiger partial charge in [-0.15, -0.1) is 0 Å². The first-order valence-corrected chi connectivity index (χ1v) is 6.81. The molecule has 0 unspecified atom stereocenters. The molecule has 0 atom stereocenters. The molecule has 0 radical (unpaired) electrons. The summed E-state index contributed by atoms with van der Waals surface area (Å²) >= 11 is 0. The Balaban J connectivity index is 2.68. The number of alkyl halides is 6. The van der Waals surface area contributed by atoms with Crippen LogP contribution in [0.1, 0.15) is 38.2 Å². The molecule has 128 valence electrons. The molecule has 7 heteroatoms. The summed E-state index contributed by atoms with van der Waals surface area (Å²) < 4.78 is 78.8. The summed E-state index contributed by atoms with van der Waals surface area (Å²) in [6, 6.07) is 5.80. The Morgan fingerprint density at radius 2 is 1.04 bits per heavy atom. The molecule has 1 nitrogen and oxygen atoms in total. The third-order valence-electron chi connectivity index (χ3n) is 3.45. The maximum absolute atomic E-state index is 13.1. The van der Waals surface area contributed by atoms with Crippen molar-refractivity contribution >= 4 is 5.78 Å². The highest BCUT2D eigenvalue weighted by molar-refractivity contribution is 6.11. The van der Waals surface area contributed by atoms with E-state index in [1.165, 1.54) is 26.0 Å². The van der Waals surface area contributed by atoms with Crippen LogP contribution in [-0.2, 0) is 12.4 Å². The van der Waals surface area contributed by atoms with Gasteiger partial charge in [0, 0.05) is 11.1 Å². The molecule has 0 saturated heterocycles. The number of aryl methyl sites for hydroxylation is 2. The van der Waals surface area contributed by atoms with E-state index in [0.717, 1.165) is 24.3 Å². The van der Waals surface area contributed by atoms with Crippen LogP contribution in [0, 0.1) is 13.8 Å². The van der Waals surface area contributed by atoms with Crippen molar-refractivity contribution in [3.63, 3.8) is 0 Å². The van der Waals surface area contributed by atoms with Gasteiger partial charge in [0.05, 0.1) is 11.1 Å². The minimum Gasteiger partial charge on any atom is -0.289 e. The lowest BCUT2D eigenvalue weighted by atomic mass is 9.92. The van der Waals surface area contributed by atoms with Crippen LogP contribution in [0.15, 0.2) is 36.4 Å². The van der Waals surface area contributed by atoms with E-state index in [2.05, 4.69) is 0 Å². The van der Waals surface area contributed by atoms with Gasteiger partial charge in [0.1, 0.15) is 0 Å². The summed E-state index contributed by atoms with van der Waals surface area (Å²) in [7, 11) is 0. The SMILES string of the molecule is Cc1ccc(C(=O)c2ccc(C)cc2C(F)(F)F)c(C(F)(F)F)c1. The molecule has 0 aromatic heterocycles. The standard InChI is InChI=1S/C17H12F6O/c1-9-3-5-11(13(7-9)16(18,19)20)15(24)12-6-4-10(2)8-14(12)17(21,22)23/h3-8H,1-2H3. The van der Waals surface area contributed by atoms with Crippen molar-refractivity contribution in [2.75, 3.05) is 0 Å². The fraction of sp³-hybridized carbons (Fsp3) is 0.235. The van der Waals surface area contributed by atoms with Crippen LogP contribution in [0.4, 0.5) is 26.3 Å². The van der Waals surface area contributed by atoms with Crippen molar-refractivity contribution in [3.8, 4) is 0 Å². The molecule has 0 heterocycles. The third-order valence-corrected chi connectivity index (χ3v) is 3.45. The second-order valence-corrected chi connectivity index (χ2v) is 5.42. The summed E-state index contributed by atoms with van der Waals surface area (Å²) in [6.07, 6.45) is -9.69. The molecule has 2 aromatic rings. The first-order valence-electron chi connectivity index (χ1n) is 6.81. The number of hydrogen-bond donors (Lipinski definition) is 0. The molecule has 0 aliphatic carbocycles. The Labute approximate surface area is 133 Å². The van der Waals surface area contributed by atoms with Gasteiger partial charge in [-0.1, -0.05) is 35.4 Å². The fourth-order valence-corrected chi connectivity index (χ4v) is 2.33. The molecule has 0 saturated carbocycles. The van der Waals surface area contributed by atoms with Crippen molar-refractivity contribution in [2.45, 2.75) is 26.2 Å². The van der Waals surface area contributed by atoms with E-state index in [9.17, 15) is 31.1 Å². The zero-order valence-corrected chi connectivity index (χ0v) is 12.6. The average Bonchev–Trinajstić information content (AvgIpc) is 2.44. The lowest BCUT2D eigenvalue weighted by Gasteiger charge is -2.16. The second-order valence-electron chi connectivity index (χ2n) is 5.42. The number of carbonyl (C=O) groups is 1. The summed E-state index contributed by atoms with van der Waals surface area (Å²) in [4.78, 5) is 12.4. The summed E-state index contributed by atoms with van der Waals surface area (Å²) in [5.74, 6) is -1.31. The maximum atomic E-state index is 13.1. The van der Waals surface area contributed by atoms with Crippen LogP contribution >= 0.6 is 0 Å². The topological polar surface area (TPSA) is 17.1 Å². The van der Waals surface area contributed by atoms with Gasteiger partial charge in [0.2, 0.25) is 0 Å². The predicted molar refractivity (Wildman–Crippen MR) is 75.8 cm³/mol. The molecule has 0 aliphatic rings. The lowest BCUT2D eigenvalue weighted by Crippen LogP contribution is -2.18. The molecule has 0 fully saturated rings. The van der Waals surface area contributed by atoms with Gasteiger partial charge in [-0.3, -0.25) is 4.79 Å². The van der Waals surface area contributed by atoms with E-state index >= 15 is 0 Å². The molecular formula is C17H12F6O. The van der Waals surface area contributed by atoms with Crippen LogP contribution in [-0.4, -0.2) is 5.78 Å². The van der Waals surface area contributed by atoms with Gasteiger partial charge >= 0.3 is 12.4 Å². The molecule has 2 rings (SSSR count). The highest BCUT2D eigenvalue weighted by Crippen LogP contribution is 2.37. The second kappa shape index (κ2) is 5.96. The quantitative estimate of drug-likeness (QED) is 0.513. The Kier molecular flexibility index (Phi) is 4.48. The fourth-order valence-electron chi connectivity index (χ4n) is 2.33. The zero-order valence-electron chi connectivity index (χ0n) is 12.6. The minimum atomic E-state index is -4.85. The molecule has 24 heavy (non-hydrogen) atoms. The Morgan fingerprint density at radius 1 is 0.708 bits per heavy atom. The molecule has 0 N–H and O–H groups in total. The molecular weight excluding hydrogens is 334 g/mol. The van der Waals surface area contributed by atoms with E-state index in [1.807, 2.05) is 0 Å². The lowest BCUT2D eigenvalue weighted by molar-refractivity contribution is -0.138. The normalized spacial score (nSPS) is 12.3. The number of halogens is 6. The van der Waals surface area contributed by atoms with Crippen LogP contribution in [0.3, 0.4) is 0 Å². The summed E-state index contributed by atoms with van der Waals surface area (Å²) in [6.45, 7) is 2.80. The minimum absolute atomic E-state index is 0.249. The molecule has 2 aromatic carbocycles. The highest BCUT2D eigenvalue weighted by Gasteiger charge is 2.39. The van der Waals surface area contributed by atoms with Crippen LogP contribution in [0.2, 0.25) is 0 Å².